The highest BCUT2D eigenvalue weighted by Crippen LogP contribution is 2.25. The molecule has 0 atom stereocenters. The number of halogens is 2. The first-order valence-electron chi connectivity index (χ1n) is 4.88. The van der Waals surface area contributed by atoms with Crippen molar-refractivity contribution >= 4 is 5.97 Å². The molecule has 0 bridgehead atoms. The van der Waals surface area contributed by atoms with E-state index < -0.39 is 12.4 Å². The molecule has 1 heterocycles. The Labute approximate surface area is 96.8 Å². The van der Waals surface area contributed by atoms with Gasteiger partial charge in [0.05, 0.1) is 6.61 Å². The third-order valence-electron chi connectivity index (χ3n) is 2.14. The fourth-order valence-electron chi connectivity index (χ4n) is 1.27. The molecule has 1 aromatic heterocycles. The number of nitriles is 1. The standard InChI is InChI=1S/C11H10F2N2O2/c1-3-17-11(16)8-4-7(10(12)13)6(2)9(5-14)15-8/h4,10H,3H2,1-2H3. The largest absolute Gasteiger partial charge is 0.461 e. The van der Waals surface area contributed by atoms with Crippen molar-refractivity contribution in [1.29, 1.82) is 5.26 Å². The second-order valence-corrected chi connectivity index (χ2v) is 3.20. The molecule has 0 unspecified atom stereocenters. The Morgan fingerprint density at radius 3 is 2.76 bits per heavy atom. The summed E-state index contributed by atoms with van der Waals surface area (Å²) in [6.07, 6.45) is -2.77. The SMILES string of the molecule is CCOC(=O)c1cc(C(F)F)c(C)c(C#N)n1. The molecule has 0 saturated carbocycles. The predicted molar refractivity (Wildman–Crippen MR) is 54.6 cm³/mol. The summed E-state index contributed by atoms with van der Waals surface area (Å²) < 4.78 is 30.0. The van der Waals surface area contributed by atoms with Gasteiger partial charge in [-0.15, -0.1) is 0 Å². The van der Waals surface area contributed by atoms with Gasteiger partial charge in [0.15, 0.2) is 0 Å². The van der Waals surface area contributed by atoms with Crippen molar-refractivity contribution in [1.82, 2.24) is 4.98 Å². The molecular formula is C11H10F2N2O2. The van der Waals surface area contributed by atoms with Crippen LogP contribution >= 0.6 is 0 Å². The van der Waals surface area contributed by atoms with Gasteiger partial charge in [-0.25, -0.2) is 18.6 Å². The second-order valence-electron chi connectivity index (χ2n) is 3.20. The smallest absolute Gasteiger partial charge is 0.356 e. The van der Waals surface area contributed by atoms with Gasteiger partial charge >= 0.3 is 5.97 Å². The van der Waals surface area contributed by atoms with E-state index in [1.165, 1.54) is 6.92 Å². The number of rotatable bonds is 3. The Morgan fingerprint density at radius 2 is 2.29 bits per heavy atom. The molecule has 0 fully saturated rings. The van der Waals surface area contributed by atoms with Gasteiger partial charge in [-0.1, -0.05) is 0 Å². The molecule has 0 aliphatic rings. The van der Waals surface area contributed by atoms with Gasteiger partial charge in [0.25, 0.3) is 6.43 Å². The maximum atomic E-state index is 12.7. The number of hydrogen-bond donors (Lipinski definition) is 0. The summed E-state index contributed by atoms with van der Waals surface area (Å²) in [5.74, 6) is -0.814. The zero-order valence-electron chi connectivity index (χ0n) is 9.33. The van der Waals surface area contributed by atoms with Crippen molar-refractivity contribution in [2.24, 2.45) is 0 Å². The van der Waals surface area contributed by atoms with Crippen LogP contribution in [0.5, 0.6) is 0 Å². The van der Waals surface area contributed by atoms with Crippen LogP contribution in [-0.2, 0) is 4.74 Å². The van der Waals surface area contributed by atoms with E-state index in [0.29, 0.717) is 0 Å². The van der Waals surface area contributed by atoms with Gasteiger partial charge in [-0.05, 0) is 25.5 Å². The molecule has 0 amide bonds. The Bertz CT molecular complexity index is 481. The quantitative estimate of drug-likeness (QED) is 0.761. The summed E-state index contributed by atoms with van der Waals surface area (Å²) in [6, 6.07) is 2.63. The van der Waals surface area contributed by atoms with Crippen LogP contribution in [0.1, 0.15) is 40.7 Å². The van der Waals surface area contributed by atoms with E-state index in [4.69, 9.17) is 5.26 Å². The third kappa shape index (κ3) is 2.75. The lowest BCUT2D eigenvalue weighted by molar-refractivity contribution is 0.0519. The van der Waals surface area contributed by atoms with Crippen LogP contribution in [0.25, 0.3) is 0 Å². The predicted octanol–water partition coefficient (Wildman–Crippen LogP) is 2.38. The fourth-order valence-corrected chi connectivity index (χ4v) is 1.27. The minimum atomic E-state index is -2.77. The highest BCUT2D eigenvalue weighted by molar-refractivity contribution is 5.87. The number of esters is 1. The monoisotopic (exact) mass is 240 g/mol. The number of aromatic nitrogens is 1. The third-order valence-corrected chi connectivity index (χ3v) is 2.14. The summed E-state index contributed by atoms with van der Waals surface area (Å²) >= 11 is 0. The van der Waals surface area contributed by atoms with Crippen molar-refractivity contribution in [2.45, 2.75) is 20.3 Å². The summed E-state index contributed by atoms with van der Waals surface area (Å²) in [4.78, 5) is 15.0. The summed E-state index contributed by atoms with van der Waals surface area (Å²) in [5.41, 5.74) is -0.759. The van der Waals surface area contributed by atoms with Gasteiger partial charge in [-0.3, -0.25) is 0 Å². The molecule has 0 aliphatic carbocycles. The molecule has 1 rings (SSSR count). The first-order valence-corrected chi connectivity index (χ1v) is 4.88. The lowest BCUT2D eigenvalue weighted by atomic mass is 10.1. The Balaban J connectivity index is 3.31. The molecule has 0 N–H and O–H groups in total. The molecule has 1 aromatic rings. The lowest BCUT2D eigenvalue weighted by Crippen LogP contribution is -2.10. The number of pyridine rings is 1. The lowest BCUT2D eigenvalue weighted by Gasteiger charge is -2.08. The van der Waals surface area contributed by atoms with Gasteiger partial charge in [0.1, 0.15) is 17.5 Å². The van der Waals surface area contributed by atoms with E-state index in [0.717, 1.165) is 6.07 Å². The van der Waals surface area contributed by atoms with Crippen LogP contribution in [-0.4, -0.2) is 17.6 Å². The van der Waals surface area contributed by atoms with Crippen molar-refractivity contribution in [3.8, 4) is 6.07 Å². The zero-order valence-corrected chi connectivity index (χ0v) is 9.33. The summed E-state index contributed by atoms with van der Waals surface area (Å²) in [7, 11) is 0. The Morgan fingerprint density at radius 1 is 1.65 bits per heavy atom. The van der Waals surface area contributed by atoms with Crippen LogP contribution in [0.3, 0.4) is 0 Å². The Kier molecular flexibility index (Phi) is 4.10. The van der Waals surface area contributed by atoms with Crippen molar-refractivity contribution in [3.05, 3.63) is 28.6 Å². The normalized spacial score (nSPS) is 10.1. The topological polar surface area (TPSA) is 63.0 Å². The number of carbonyl (C=O) groups excluding carboxylic acids is 1. The van der Waals surface area contributed by atoms with E-state index in [2.05, 4.69) is 9.72 Å². The summed E-state index contributed by atoms with van der Waals surface area (Å²) in [6.45, 7) is 3.06. The van der Waals surface area contributed by atoms with Crippen LogP contribution in [0.2, 0.25) is 0 Å². The number of carbonyl (C=O) groups is 1. The van der Waals surface area contributed by atoms with Crippen molar-refractivity contribution < 1.29 is 18.3 Å². The van der Waals surface area contributed by atoms with Gasteiger partial charge in [0.2, 0.25) is 0 Å². The fraction of sp³-hybridized carbons (Fsp3) is 0.364. The van der Waals surface area contributed by atoms with E-state index in [9.17, 15) is 13.6 Å². The van der Waals surface area contributed by atoms with E-state index in [1.54, 1.807) is 13.0 Å². The molecule has 90 valence electrons. The van der Waals surface area contributed by atoms with Gasteiger partial charge in [-0.2, -0.15) is 5.26 Å². The van der Waals surface area contributed by atoms with Crippen LogP contribution in [0.15, 0.2) is 6.07 Å². The zero-order chi connectivity index (χ0) is 13.0. The van der Waals surface area contributed by atoms with Crippen LogP contribution in [0, 0.1) is 18.3 Å². The molecule has 17 heavy (non-hydrogen) atoms. The minimum Gasteiger partial charge on any atom is -0.461 e. The number of ether oxygens (including phenoxy) is 1. The number of nitrogens with zero attached hydrogens (tertiary/aromatic N) is 2. The minimum absolute atomic E-state index is 0.0792. The average molecular weight is 240 g/mol. The van der Waals surface area contributed by atoms with Crippen molar-refractivity contribution in [3.63, 3.8) is 0 Å². The average Bonchev–Trinajstić information content (AvgIpc) is 2.29. The maximum absolute atomic E-state index is 12.7. The second kappa shape index (κ2) is 5.34. The molecule has 0 saturated heterocycles. The highest BCUT2D eigenvalue weighted by atomic mass is 19.3. The Hall–Kier alpha value is -2.03. The van der Waals surface area contributed by atoms with E-state index in [-0.39, 0.29) is 29.1 Å². The molecule has 4 nitrogen and oxygen atoms in total. The highest BCUT2D eigenvalue weighted by Gasteiger charge is 2.19. The number of hydrogen-bond acceptors (Lipinski definition) is 4. The summed E-state index contributed by atoms with van der Waals surface area (Å²) in [5, 5.41) is 8.75. The van der Waals surface area contributed by atoms with Crippen LogP contribution < -0.4 is 0 Å². The van der Waals surface area contributed by atoms with Gasteiger partial charge < -0.3 is 4.74 Å². The molecular weight excluding hydrogens is 230 g/mol. The first-order chi connectivity index (χ1) is 8.01. The first kappa shape index (κ1) is 13.0. The molecule has 0 spiro atoms. The molecule has 6 heteroatoms. The van der Waals surface area contributed by atoms with Gasteiger partial charge in [0, 0.05) is 5.56 Å². The molecule has 0 aromatic carbocycles. The van der Waals surface area contributed by atoms with Crippen molar-refractivity contribution in [2.75, 3.05) is 6.61 Å². The molecule has 0 aliphatic heterocycles. The maximum Gasteiger partial charge on any atom is 0.356 e. The number of alkyl halides is 2. The van der Waals surface area contributed by atoms with E-state index in [1.807, 2.05) is 0 Å². The molecule has 0 radical (unpaired) electrons. The van der Waals surface area contributed by atoms with E-state index >= 15 is 0 Å². The van der Waals surface area contributed by atoms with Crippen LogP contribution in [0.4, 0.5) is 8.78 Å².